The number of oxime groups is 1. The number of nitrogens with one attached hydrogen (secondary N) is 1. The number of aromatic nitrogens is 2. The van der Waals surface area contributed by atoms with Crippen LogP contribution in [0.1, 0.15) is 29.5 Å². The van der Waals surface area contributed by atoms with Gasteiger partial charge in [0.2, 0.25) is 5.91 Å². The fourth-order valence-corrected chi connectivity index (χ4v) is 4.42. The molecule has 0 fully saturated rings. The summed E-state index contributed by atoms with van der Waals surface area (Å²) in [6.45, 7) is 1.42. The Morgan fingerprint density at radius 1 is 1.11 bits per heavy atom. The molecule has 10 nitrogen and oxygen atoms in total. The number of carbonyl (C=O) groups is 2. The molecule has 0 saturated heterocycles. The lowest BCUT2D eigenvalue weighted by Crippen LogP contribution is -2.33. The van der Waals surface area contributed by atoms with Crippen LogP contribution in [0.5, 0.6) is 0 Å². The molecule has 184 valence electrons. The van der Waals surface area contributed by atoms with Crippen molar-refractivity contribution < 1.29 is 18.8 Å². The van der Waals surface area contributed by atoms with Gasteiger partial charge in [-0.25, -0.2) is 9.89 Å². The Morgan fingerprint density at radius 3 is 2.54 bits per heavy atom. The maximum atomic E-state index is 13.5. The highest BCUT2D eigenvalue weighted by Gasteiger charge is 2.36. The van der Waals surface area contributed by atoms with E-state index in [1.807, 2.05) is 60.7 Å². The summed E-state index contributed by atoms with van der Waals surface area (Å²) in [6.07, 6.45) is 1.70. The second-order valence-corrected chi connectivity index (χ2v) is 8.69. The minimum Gasteiger partial charge on any atom is -0.401 e. The SMILES string of the molecule is CON=C(c1csc(NC(C)=O)c1)c1nnc(N2C(=O)C(=Cc3ccccc3)N=C2c2ccccc2)o1. The van der Waals surface area contributed by atoms with Gasteiger partial charge in [-0.3, -0.25) is 9.59 Å². The minimum absolute atomic E-state index is 0.0322. The van der Waals surface area contributed by atoms with Crippen LogP contribution in [0.15, 0.2) is 92.4 Å². The van der Waals surface area contributed by atoms with E-state index in [0.29, 0.717) is 22.0 Å². The predicted octanol–water partition coefficient (Wildman–Crippen LogP) is 4.32. The smallest absolute Gasteiger partial charge is 0.331 e. The van der Waals surface area contributed by atoms with Crippen molar-refractivity contribution in [1.29, 1.82) is 0 Å². The number of amidine groups is 1. The predicted molar refractivity (Wildman–Crippen MR) is 140 cm³/mol. The molecule has 37 heavy (non-hydrogen) atoms. The molecule has 0 unspecified atom stereocenters. The first-order chi connectivity index (χ1) is 18.0. The maximum absolute atomic E-state index is 13.5. The van der Waals surface area contributed by atoms with E-state index >= 15 is 0 Å². The number of benzene rings is 2. The number of carbonyl (C=O) groups excluding carboxylic acids is 2. The van der Waals surface area contributed by atoms with Crippen LogP contribution in [0, 0.1) is 0 Å². The van der Waals surface area contributed by atoms with Crippen LogP contribution < -0.4 is 10.2 Å². The van der Waals surface area contributed by atoms with Crippen molar-refractivity contribution in [3.05, 3.63) is 100 Å². The highest BCUT2D eigenvalue weighted by molar-refractivity contribution is 7.14. The topological polar surface area (TPSA) is 122 Å². The van der Waals surface area contributed by atoms with Crippen LogP contribution >= 0.6 is 11.3 Å². The summed E-state index contributed by atoms with van der Waals surface area (Å²) in [5.41, 5.74) is 2.61. The van der Waals surface area contributed by atoms with E-state index in [0.717, 1.165) is 5.56 Å². The minimum atomic E-state index is -0.411. The van der Waals surface area contributed by atoms with E-state index in [4.69, 9.17) is 9.25 Å². The van der Waals surface area contributed by atoms with Gasteiger partial charge in [-0.1, -0.05) is 70.9 Å². The molecular weight excluding hydrogens is 492 g/mol. The number of anilines is 2. The molecule has 5 rings (SSSR count). The second kappa shape index (κ2) is 10.4. The first kappa shape index (κ1) is 23.8. The van der Waals surface area contributed by atoms with E-state index in [-0.39, 0.29) is 29.2 Å². The molecule has 3 heterocycles. The van der Waals surface area contributed by atoms with E-state index in [2.05, 4.69) is 25.7 Å². The van der Waals surface area contributed by atoms with Crippen LogP contribution in [0.2, 0.25) is 0 Å². The third-order valence-corrected chi connectivity index (χ3v) is 6.00. The lowest BCUT2D eigenvalue weighted by molar-refractivity contribution is -0.114. The van der Waals surface area contributed by atoms with Gasteiger partial charge in [0, 0.05) is 23.4 Å². The lowest BCUT2D eigenvalue weighted by Gasteiger charge is -2.13. The maximum Gasteiger partial charge on any atom is 0.331 e. The molecule has 1 aliphatic heterocycles. The summed E-state index contributed by atoms with van der Waals surface area (Å²) < 4.78 is 5.93. The molecule has 1 aliphatic rings. The van der Waals surface area contributed by atoms with Gasteiger partial charge in [-0.15, -0.1) is 16.4 Å². The van der Waals surface area contributed by atoms with Crippen molar-refractivity contribution in [3.63, 3.8) is 0 Å². The first-order valence-electron chi connectivity index (χ1n) is 11.1. The zero-order chi connectivity index (χ0) is 25.8. The highest BCUT2D eigenvalue weighted by atomic mass is 32.1. The van der Waals surface area contributed by atoms with Crippen molar-refractivity contribution in [3.8, 4) is 0 Å². The van der Waals surface area contributed by atoms with Crippen molar-refractivity contribution in [2.24, 2.45) is 10.1 Å². The molecule has 0 aliphatic carbocycles. The third kappa shape index (κ3) is 5.07. The monoisotopic (exact) mass is 512 g/mol. The van der Waals surface area contributed by atoms with Crippen molar-refractivity contribution >= 4 is 51.8 Å². The average Bonchev–Trinajstić information content (AvgIpc) is 3.63. The molecule has 2 amide bonds. The van der Waals surface area contributed by atoms with Crippen molar-refractivity contribution in [2.45, 2.75) is 6.92 Å². The Bertz CT molecular complexity index is 1540. The van der Waals surface area contributed by atoms with E-state index in [9.17, 15) is 9.59 Å². The second-order valence-electron chi connectivity index (χ2n) is 7.78. The van der Waals surface area contributed by atoms with Gasteiger partial charge in [-0.05, 0) is 17.7 Å². The van der Waals surface area contributed by atoms with Crippen LogP contribution in [0.4, 0.5) is 11.0 Å². The zero-order valence-corrected chi connectivity index (χ0v) is 20.6. The summed E-state index contributed by atoms with van der Waals surface area (Å²) in [5, 5.41) is 17.4. The van der Waals surface area contributed by atoms with E-state index in [1.54, 1.807) is 17.5 Å². The van der Waals surface area contributed by atoms with E-state index in [1.165, 1.54) is 30.3 Å². The molecule has 2 aromatic heterocycles. The first-order valence-corrected chi connectivity index (χ1v) is 12.0. The summed E-state index contributed by atoms with van der Waals surface area (Å²) in [7, 11) is 1.39. The van der Waals surface area contributed by atoms with Crippen LogP contribution in [0.3, 0.4) is 0 Å². The Balaban J connectivity index is 1.52. The van der Waals surface area contributed by atoms with Crippen LogP contribution in [0.25, 0.3) is 6.08 Å². The number of amides is 2. The fourth-order valence-electron chi connectivity index (χ4n) is 3.59. The van der Waals surface area contributed by atoms with Crippen molar-refractivity contribution in [2.75, 3.05) is 17.3 Å². The molecule has 11 heteroatoms. The van der Waals surface area contributed by atoms with E-state index < -0.39 is 5.91 Å². The average molecular weight is 513 g/mol. The fraction of sp³-hybridized carbons (Fsp3) is 0.0769. The Hall–Kier alpha value is -4.90. The summed E-state index contributed by atoms with van der Waals surface area (Å²) in [4.78, 5) is 35.8. The highest BCUT2D eigenvalue weighted by Crippen LogP contribution is 2.29. The Kier molecular flexibility index (Phi) is 6.68. The van der Waals surface area contributed by atoms with Gasteiger partial charge in [-0.2, -0.15) is 0 Å². The molecule has 0 bridgehead atoms. The summed E-state index contributed by atoms with van der Waals surface area (Å²) in [5.74, 6) is -0.216. The Morgan fingerprint density at radius 2 is 1.84 bits per heavy atom. The standard InChI is InChI=1S/C26H20N6O4S/c1-16(33)27-21-14-19(15-37-21)22(31-35-2)24-29-30-26(36-24)32-23(18-11-7-4-8-12-18)28-20(25(32)34)13-17-9-5-3-6-10-17/h3-15H,1-2H3,(H,27,33). The lowest BCUT2D eigenvalue weighted by atomic mass is 10.2. The van der Waals surface area contributed by atoms with Gasteiger partial charge in [0.15, 0.2) is 11.5 Å². The van der Waals surface area contributed by atoms with Crippen LogP contribution in [-0.2, 0) is 14.4 Å². The summed E-state index contributed by atoms with van der Waals surface area (Å²) in [6, 6.07) is 20.3. The van der Waals surface area contributed by atoms with Crippen molar-refractivity contribution in [1.82, 2.24) is 10.2 Å². The molecule has 4 aromatic rings. The molecule has 0 atom stereocenters. The number of aliphatic imine (C=N–C) groups is 1. The number of rotatable bonds is 7. The normalized spacial score (nSPS) is 14.7. The molecule has 0 spiro atoms. The van der Waals surface area contributed by atoms with Gasteiger partial charge in [0.25, 0.3) is 11.8 Å². The molecule has 1 N–H and O–H groups in total. The van der Waals surface area contributed by atoms with Gasteiger partial charge in [0.1, 0.15) is 12.8 Å². The summed E-state index contributed by atoms with van der Waals surface area (Å²) >= 11 is 1.31. The number of hydrogen-bond donors (Lipinski definition) is 1. The van der Waals surface area contributed by atoms with Gasteiger partial charge in [0.05, 0.1) is 5.00 Å². The van der Waals surface area contributed by atoms with Gasteiger partial charge >= 0.3 is 6.01 Å². The number of thiophene rings is 1. The third-order valence-electron chi connectivity index (χ3n) is 5.16. The number of hydrogen-bond acceptors (Lipinski definition) is 9. The largest absolute Gasteiger partial charge is 0.401 e. The number of nitrogens with zero attached hydrogens (tertiary/aromatic N) is 5. The molecular formula is C26H20N6O4S. The van der Waals surface area contributed by atoms with Crippen LogP contribution in [-0.4, -0.2) is 40.7 Å². The quantitative estimate of drug-likeness (QED) is 0.224. The molecule has 0 radical (unpaired) electrons. The molecule has 0 saturated carbocycles. The Labute approximate surface area is 215 Å². The van der Waals surface area contributed by atoms with Gasteiger partial charge < -0.3 is 14.6 Å². The zero-order valence-electron chi connectivity index (χ0n) is 19.8. The molecule has 2 aromatic carbocycles.